The van der Waals surface area contributed by atoms with Crippen LogP contribution in [0.5, 0.6) is 0 Å². The minimum atomic E-state index is -1.31. The molecule has 1 fully saturated rings. The van der Waals surface area contributed by atoms with Crippen LogP contribution in [0.4, 0.5) is 0 Å². The van der Waals surface area contributed by atoms with Crippen molar-refractivity contribution in [3.05, 3.63) is 10.4 Å². The summed E-state index contributed by atoms with van der Waals surface area (Å²) in [6.45, 7) is 4.01. The van der Waals surface area contributed by atoms with Crippen molar-refractivity contribution in [1.82, 2.24) is 0 Å². The van der Waals surface area contributed by atoms with Gasteiger partial charge in [-0.3, -0.25) is 19.2 Å². The van der Waals surface area contributed by atoms with Crippen LogP contribution in [0.1, 0.15) is 27.7 Å². The molecule has 0 aromatic heterocycles. The molecule has 0 aromatic carbocycles. The summed E-state index contributed by atoms with van der Waals surface area (Å²) >= 11 is 0. The zero-order chi connectivity index (χ0) is 22.0. The summed E-state index contributed by atoms with van der Waals surface area (Å²) in [6, 6.07) is 0. The minimum absolute atomic E-state index is 0.0522. The Morgan fingerprint density at radius 2 is 1.45 bits per heavy atom. The van der Waals surface area contributed by atoms with Gasteiger partial charge in [0, 0.05) is 39.2 Å². The summed E-state index contributed by atoms with van der Waals surface area (Å²) in [4.78, 5) is 48.5. The van der Waals surface area contributed by atoms with Gasteiger partial charge in [0.25, 0.3) is 0 Å². The van der Waals surface area contributed by atoms with E-state index >= 15 is 0 Å². The Morgan fingerprint density at radius 3 is 1.97 bits per heavy atom. The molecule has 0 N–H and O–H groups in total. The smallest absolute Gasteiger partial charge is 0.303 e. The fourth-order valence-electron chi connectivity index (χ4n) is 2.58. The standard InChI is InChI=1S/C16H23N3O10/c1-8(20)25-7-12-13(26-9(2)21)14(27-10(3)22)15(28-11(4)23)16(29-12)24-6-5-18-19-17/h12-16H,5-7H2,1-4H3/t12?,13-,14+,15-,16-/m1/s1. The Hall–Kier alpha value is -2.89. The van der Waals surface area contributed by atoms with Crippen molar-refractivity contribution >= 4 is 23.9 Å². The van der Waals surface area contributed by atoms with E-state index in [1.807, 2.05) is 0 Å². The third kappa shape index (κ3) is 8.34. The van der Waals surface area contributed by atoms with Crippen molar-refractivity contribution < 1.29 is 47.6 Å². The largest absolute Gasteiger partial charge is 0.463 e. The number of ether oxygens (including phenoxy) is 6. The average molecular weight is 417 g/mol. The first-order chi connectivity index (χ1) is 13.6. The Labute approximate surface area is 166 Å². The molecule has 162 valence electrons. The number of carbonyl (C=O) groups is 4. The van der Waals surface area contributed by atoms with Crippen LogP contribution in [0.3, 0.4) is 0 Å². The van der Waals surface area contributed by atoms with Gasteiger partial charge in [-0.2, -0.15) is 0 Å². The summed E-state index contributed by atoms with van der Waals surface area (Å²) in [5.74, 6) is -2.83. The van der Waals surface area contributed by atoms with Gasteiger partial charge in [-0.15, -0.1) is 0 Å². The first kappa shape index (κ1) is 24.1. The molecule has 1 unspecified atom stereocenters. The molecule has 0 saturated carbocycles. The Balaban J connectivity index is 3.22. The predicted octanol–water partition coefficient (Wildman–Crippen LogP) is 0.396. The fourth-order valence-corrected chi connectivity index (χ4v) is 2.58. The number of azide groups is 1. The average Bonchev–Trinajstić information content (AvgIpc) is 2.60. The van der Waals surface area contributed by atoms with E-state index < -0.39 is 54.6 Å². The van der Waals surface area contributed by atoms with Gasteiger partial charge in [-0.25, -0.2) is 0 Å². The molecule has 1 aliphatic heterocycles. The van der Waals surface area contributed by atoms with Crippen LogP contribution in [0.2, 0.25) is 0 Å². The summed E-state index contributed by atoms with van der Waals surface area (Å²) < 4.78 is 31.7. The molecule has 0 amide bonds. The van der Waals surface area contributed by atoms with E-state index in [1.165, 1.54) is 6.92 Å². The van der Waals surface area contributed by atoms with Crippen LogP contribution < -0.4 is 0 Å². The fraction of sp³-hybridized carbons (Fsp3) is 0.750. The van der Waals surface area contributed by atoms with E-state index in [0.29, 0.717) is 0 Å². The molecule has 1 heterocycles. The van der Waals surface area contributed by atoms with Crippen LogP contribution in [0.25, 0.3) is 10.4 Å². The lowest BCUT2D eigenvalue weighted by Gasteiger charge is -2.44. The monoisotopic (exact) mass is 417 g/mol. The molecule has 13 nitrogen and oxygen atoms in total. The lowest BCUT2D eigenvalue weighted by Crippen LogP contribution is -2.63. The van der Waals surface area contributed by atoms with E-state index in [2.05, 4.69) is 10.0 Å². The van der Waals surface area contributed by atoms with Crippen molar-refractivity contribution in [3.8, 4) is 0 Å². The second-order valence-corrected chi connectivity index (χ2v) is 5.89. The van der Waals surface area contributed by atoms with E-state index in [0.717, 1.165) is 20.8 Å². The summed E-state index contributed by atoms with van der Waals surface area (Å²) in [5.41, 5.74) is 8.35. The highest BCUT2D eigenvalue weighted by Gasteiger charge is 2.52. The van der Waals surface area contributed by atoms with Crippen LogP contribution in [0, 0.1) is 0 Å². The highest BCUT2D eigenvalue weighted by molar-refractivity contribution is 5.68. The van der Waals surface area contributed by atoms with Crippen molar-refractivity contribution in [2.75, 3.05) is 19.8 Å². The maximum Gasteiger partial charge on any atom is 0.303 e. The van der Waals surface area contributed by atoms with E-state index in [4.69, 9.17) is 34.0 Å². The van der Waals surface area contributed by atoms with Crippen molar-refractivity contribution in [3.63, 3.8) is 0 Å². The zero-order valence-corrected chi connectivity index (χ0v) is 16.4. The van der Waals surface area contributed by atoms with E-state index in [1.54, 1.807) is 0 Å². The maximum atomic E-state index is 11.6. The van der Waals surface area contributed by atoms with Gasteiger partial charge >= 0.3 is 23.9 Å². The predicted molar refractivity (Wildman–Crippen MR) is 91.9 cm³/mol. The molecular weight excluding hydrogens is 394 g/mol. The van der Waals surface area contributed by atoms with Crippen LogP contribution in [0.15, 0.2) is 5.11 Å². The van der Waals surface area contributed by atoms with Crippen LogP contribution in [-0.4, -0.2) is 74.3 Å². The van der Waals surface area contributed by atoms with E-state index in [-0.39, 0.29) is 19.8 Å². The zero-order valence-electron chi connectivity index (χ0n) is 16.4. The van der Waals surface area contributed by atoms with Gasteiger partial charge in [0.1, 0.15) is 12.7 Å². The molecule has 13 heteroatoms. The van der Waals surface area contributed by atoms with Gasteiger partial charge in [0.05, 0.1) is 6.61 Å². The lowest BCUT2D eigenvalue weighted by atomic mass is 9.98. The van der Waals surface area contributed by atoms with Gasteiger partial charge in [0.15, 0.2) is 24.6 Å². The van der Waals surface area contributed by atoms with Crippen molar-refractivity contribution in [2.45, 2.75) is 58.4 Å². The Kier molecular flexibility index (Phi) is 9.86. The molecule has 0 spiro atoms. The number of esters is 4. The summed E-state index contributed by atoms with van der Waals surface area (Å²) in [6.07, 6.45) is -6.25. The third-order valence-electron chi connectivity index (χ3n) is 3.48. The third-order valence-corrected chi connectivity index (χ3v) is 3.48. The first-order valence-electron chi connectivity index (χ1n) is 8.58. The van der Waals surface area contributed by atoms with E-state index in [9.17, 15) is 19.2 Å². The SMILES string of the molecule is CC(=O)OCC1O[C@@H](OCCN=[N+]=[N-])[C@H](OC(C)=O)[C@@H](OC(C)=O)[C@@H]1OC(C)=O. The molecular formula is C16H23N3O10. The van der Waals surface area contributed by atoms with Gasteiger partial charge in [0.2, 0.25) is 0 Å². The van der Waals surface area contributed by atoms with Crippen molar-refractivity contribution in [2.24, 2.45) is 5.11 Å². The lowest BCUT2D eigenvalue weighted by molar-refractivity contribution is -0.307. The highest BCUT2D eigenvalue weighted by atomic mass is 16.7. The first-order valence-corrected chi connectivity index (χ1v) is 8.58. The molecule has 0 bridgehead atoms. The van der Waals surface area contributed by atoms with Gasteiger partial charge in [-0.1, -0.05) is 5.11 Å². The molecule has 1 aliphatic rings. The molecule has 0 aromatic rings. The van der Waals surface area contributed by atoms with Crippen molar-refractivity contribution in [1.29, 1.82) is 0 Å². The second-order valence-electron chi connectivity index (χ2n) is 5.89. The quantitative estimate of drug-likeness (QED) is 0.128. The topological polar surface area (TPSA) is 172 Å². The number of rotatable bonds is 9. The summed E-state index contributed by atoms with van der Waals surface area (Å²) in [7, 11) is 0. The molecule has 1 rings (SSSR count). The van der Waals surface area contributed by atoms with Gasteiger partial charge in [-0.05, 0) is 5.53 Å². The maximum absolute atomic E-state index is 11.6. The van der Waals surface area contributed by atoms with Crippen LogP contribution in [-0.2, 0) is 47.6 Å². The molecule has 0 radical (unpaired) electrons. The van der Waals surface area contributed by atoms with Gasteiger partial charge < -0.3 is 28.4 Å². The molecule has 5 atom stereocenters. The number of hydrogen-bond acceptors (Lipinski definition) is 11. The number of hydrogen-bond donors (Lipinski definition) is 0. The molecule has 1 saturated heterocycles. The Morgan fingerprint density at radius 1 is 0.897 bits per heavy atom. The number of carbonyl (C=O) groups excluding carboxylic acids is 4. The minimum Gasteiger partial charge on any atom is -0.463 e. The number of nitrogens with zero attached hydrogens (tertiary/aromatic N) is 3. The summed E-state index contributed by atoms with van der Waals surface area (Å²) in [5, 5.41) is 3.31. The molecule has 0 aliphatic carbocycles. The highest BCUT2D eigenvalue weighted by Crippen LogP contribution is 2.29. The normalized spacial score (nSPS) is 25.9. The van der Waals surface area contributed by atoms with Crippen LogP contribution >= 0.6 is 0 Å². The Bertz CT molecular complexity index is 663. The second kappa shape index (κ2) is 11.8. The molecule has 29 heavy (non-hydrogen) atoms.